The Labute approximate surface area is 309 Å². The highest BCUT2D eigenvalue weighted by Gasteiger charge is 2.44. The van der Waals surface area contributed by atoms with E-state index >= 15 is 48.3 Å². The minimum absolute atomic E-state index is 0.400. The van der Waals surface area contributed by atoms with Crippen LogP contribution in [0.3, 0.4) is 0 Å². The highest BCUT2D eigenvalue weighted by atomic mass is 19.2. The van der Waals surface area contributed by atoms with E-state index in [1.54, 1.807) is 0 Å². The third-order valence-corrected chi connectivity index (χ3v) is 9.30. The van der Waals surface area contributed by atoms with E-state index in [4.69, 9.17) is 9.31 Å². The molecule has 302 valence electrons. The van der Waals surface area contributed by atoms with Gasteiger partial charge in [0.25, 0.3) is 0 Å². The van der Waals surface area contributed by atoms with E-state index in [0.717, 1.165) is 0 Å². The molecule has 0 aliphatic heterocycles. The molecule has 0 radical (unpaired) electrons. The molecule has 8 aromatic rings. The molecule has 23 heteroatoms. The highest BCUT2D eigenvalue weighted by Crippen LogP contribution is 2.46. The first kappa shape index (κ1) is 39.4. The molecule has 0 aliphatic rings. The van der Waals surface area contributed by atoms with Gasteiger partial charge in [-0.15, -0.1) is 0 Å². The molecule has 0 fully saturated rings. The second-order valence-corrected chi connectivity index (χ2v) is 12.3. The second-order valence-electron chi connectivity index (χ2n) is 12.3. The molecule has 0 saturated carbocycles. The molecule has 59 heavy (non-hydrogen) atoms. The van der Waals surface area contributed by atoms with Crippen LogP contribution < -0.4 is 14.8 Å². The average Bonchev–Trinajstić information content (AvgIpc) is 3.20. The van der Waals surface area contributed by atoms with Crippen LogP contribution in [0.15, 0.2) is 18.2 Å². The molecule has 0 saturated heterocycles. The molecule has 0 atom stereocenters. The number of halogens is 20. The van der Waals surface area contributed by atoms with Gasteiger partial charge in [0.1, 0.15) is 11.6 Å². The maximum absolute atomic E-state index is 16.4. The van der Waals surface area contributed by atoms with E-state index < -0.39 is 194 Å². The van der Waals surface area contributed by atoms with Crippen LogP contribution in [0.2, 0.25) is 0 Å². The van der Waals surface area contributed by atoms with Crippen LogP contribution in [0, 0.1) is 116 Å². The van der Waals surface area contributed by atoms with Crippen LogP contribution >= 0.6 is 0 Å². The third-order valence-electron chi connectivity index (χ3n) is 9.30. The summed E-state index contributed by atoms with van der Waals surface area (Å²) in [7, 11) is -3.94. The molecule has 0 spiro atoms. The fraction of sp³-hybridized carbons (Fsp3) is 0. The Hall–Kier alpha value is -6.42. The Morgan fingerprint density at radius 2 is 0.593 bits per heavy atom. The van der Waals surface area contributed by atoms with Crippen molar-refractivity contribution in [2.45, 2.75) is 0 Å². The van der Waals surface area contributed by atoms with Crippen molar-refractivity contribution >= 4 is 66.4 Å². The number of fused-ring (bicyclic) bond motifs is 2. The summed E-state index contributed by atoms with van der Waals surface area (Å²) in [5.74, 6) is -59.7. The van der Waals surface area contributed by atoms with Gasteiger partial charge in [-0.3, -0.25) is 0 Å². The van der Waals surface area contributed by atoms with Crippen LogP contribution in [-0.2, 0) is 0 Å². The van der Waals surface area contributed by atoms with Gasteiger partial charge in [-0.05, 0) is 6.07 Å². The molecule has 0 N–H and O–H groups in total. The topological polar surface area (TPSA) is 18.5 Å². The van der Waals surface area contributed by atoms with Crippen LogP contribution in [0.4, 0.5) is 87.8 Å². The Morgan fingerprint density at radius 3 is 1.10 bits per heavy atom. The number of rotatable bonds is 5. The Balaban J connectivity index is 1.59. The van der Waals surface area contributed by atoms with Gasteiger partial charge in [-0.2, -0.15) is 8.78 Å². The summed E-state index contributed by atoms with van der Waals surface area (Å²) in [6.45, 7) is 0. The zero-order valence-corrected chi connectivity index (χ0v) is 27.2. The molecular weight excluding hydrogens is 855 g/mol. The number of benzene rings is 8. The first-order valence-electron chi connectivity index (χ1n) is 15.4. The summed E-state index contributed by atoms with van der Waals surface area (Å²) >= 11 is 0. The van der Waals surface area contributed by atoms with E-state index in [0.29, 0.717) is 18.2 Å². The van der Waals surface area contributed by atoms with E-state index in [1.807, 2.05) is 0 Å². The number of hydrogen-bond donors (Lipinski definition) is 0. The van der Waals surface area contributed by atoms with Crippen LogP contribution in [0.5, 0.6) is 11.5 Å². The molecule has 0 aromatic heterocycles. The fourth-order valence-electron chi connectivity index (χ4n) is 6.78. The van der Waals surface area contributed by atoms with Crippen LogP contribution in [-0.4, -0.2) is 7.12 Å². The van der Waals surface area contributed by atoms with Crippen LogP contribution in [0.1, 0.15) is 0 Å². The van der Waals surface area contributed by atoms with Crippen LogP contribution in [0.25, 0.3) is 53.9 Å². The molecule has 0 heterocycles. The minimum Gasteiger partial charge on any atom is -0.519 e. The maximum atomic E-state index is 16.4. The predicted molar refractivity (Wildman–Crippen MR) is 164 cm³/mol. The van der Waals surface area contributed by atoms with E-state index in [-0.39, 0.29) is 0 Å². The van der Waals surface area contributed by atoms with Gasteiger partial charge in [-0.1, -0.05) is 12.1 Å². The number of hydrogen-bond acceptors (Lipinski definition) is 2. The van der Waals surface area contributed by atoms with Crippen molar-refractivity contribution in [2.75, 3.05) is 0 Å². The Morgan fingerprint density at radius 1 is 0.271 bits per heavy atom. The van der Waals surface area contributed by atoms with Crippen molar-refractivity contribution in [3.63, 3.8) is 0 Å². The molecule has 8 aromatic carbocycles. The van der Waals surface area contributed by atoms with Crippen molar-refractivity contribution in [3.8, 4) is 11.5 Å². The first-order chi connectivity index (χ1) is 27.7. The standard InChI is InChI=1S/C36H3BF20O2/c38-5-3-1-2-4-6(5)16(39)31(54)33(56)35(4)58-37(59-36-14-13(25(48)32(55)34(36)57)24(47)29(52)30(53)26(14)49)15-9-7-8-11(18(41)17(9)40)22(45)28(51)23(46)12(8)20(43)19(42)10(7)21(44)27(15)50/h1-3H. The fourth-order valence-corrected chi connectivity index (χ4v) is 6.78. The van der Waals surface area contributed by atoms with Crippen molar-refractivity contribution in [1.82, 2.24) is 0 Å². The first-order valence-corrected chi connectivity index (χ1v) is 15.4. The summed E-state index contributed by atoms with van der Waals surface area (Å²) in [4.78, 5) is 0. The lowest BCUT2D eigenvalue weighted by molar-refractivity contribution is 0.372. The molecular formula is C36H3BF20O2. The quantitative estimate of drug-likeness (QED) is 0.0564. The minimum atomic E-state index is -3.94. The molecule has 2 nitrogen and oxygen atoms in total. The smallest absolute Gasteiger partial charge is 0.519 e. The maximum Gasteiger partial charge on any atom is 0.636 e. The summed E-state index contributed by atoms with van der Waals surface area (Å²) in [6, 6.07) is 1.45. The van der Waals surface area contributed by atoms with E-state index in [1.165, 1.54) is 0 Å². The third kappa shape index (κ3) is 4.98. The van der Waals surface area contributed by atoms with Crippen molar-refractivity contribution in [2.24, 2.45) is 0 Å². The van der Waals surface area contributed by atoms with Crippen molar-refractivity contribution in [1.29, 1.82) is 0 Å². The van der Waals surface area contributed by atoms with Crippen molar-refractivity contribution < 1.29 is 97.1 Å². The zero-order chi connectivity index (χ0) is 43.2. The largest absolute Gasteiger partial charge is 0.636 e. The van der Waals surface area contributed by atoms with Gasteiger partial charge in [0.2, 0.25) is 11.6 Å². The molecule has 0 aliphatic carbocycles. The highest BCUT2D eigenvalue weighted by molar-refractivity contribution is 6.66. The summed E-state index contributed by atoms with van der Waals surface area (Å²) < 4.78 is 314. The lowest BCUT2D eigenvalue weighted by atomic mass is 9.72. The Kier molecular flexibility index (Phi) is 8.72. The SMILES string of the molecule is Fc1c(F)c(F)c2c(F)cccc2c1OB(Oc1c(F)c(F)c(F)c2c(F)c(F)c(F)c(F)c12)c1c(F)c(F)c2c(F)c(F)c3c(F)c(F)c(F)c4c(F)c(F)c1c2c34. The lowest BCUT2D eigenvalue weighted by Gasteiger charge is -2.24. The van der Waals surface area contributed by atoms with Gasteiger partial charge in [0.15, 0.2) is 105 Å². The summed E-state index contributed by atoms with van der Waals surface area (Å²) in [5.41, 5.74) is -2.40. The van der Waals surface area contributed by atoms with E-state index in [9.17, 15) is 39.5 Å². The van der Waals surface area contributed by atoms with Gasteiger partial charge in [-0.25, -0.2) is 79.0 Å². The van der Waals surface area contributed by atoms with Gasteiger partial charge in [0, 0.05) is 21.5 Å². The Bertz CT molecular complexity index is 3210. The van der Waals surface area contributed by atoms with Gasteiger partial charge in [0.05, 0.1) is 37.8 Å². The second kappa shape index (κ2) is 13.0. The van der Waals surface area contributed by atoms with Gasteiger partial charge >= 0.3 is 7.12 Å². The average molecular weight is 858 g/mol. The monoisotopic (exact) mass is 858 g/mol. The predicted octanol–water partition coefficient (Wildman–Crippen LogP) is 11.5. The lowest BCUT2D eigenvalue weighted by Crippen LogP contribution is -2.46. The van der Waals surface area contributed by atoms with Crippen molar-refractivity contribution in [3.05, 3.63) is 135 Å². The summed E-state index contributed by atoms with van der Waals surface area (Å²) in [6.07, 6.45) is 0. The molecule has 0 unspecified atom stereocenters. The van der Waals surface area contributed by atoms with E-state index in [2.05, 4.69) is 0 Å². The molecule has 0 amide bonds. The summed E-state index contributed by atoms with van der Waals surface area (Å²) in [5, 5.41) is -20.1. The normalized spacial score (nSPS) is 12.1. The molecule has 0 bridgehead atoms. The zero-order valence-electron chi connectivity index (χ0n) is 27.2. The van der Waals surface area contributed by atoms with Gasteiger partial charge < -0.3 is 9.31 Å². The molecule has 8 rings (SSSR count).